The molecular formula is C17H19BrClN. The molecule has 1 atom stereocenters. The van der Waals surface area contributed by atoms with Gasteiger partial charge in [-0.05, 0) is 48.2 Å². The monoisotopic (exact) mass is 351 g/mol. The van der Waals surface area contributed by atoms with Crippen LogP contribution in [0, 0.1) is 6.92 Å². The topological polar surface area (TPSA) is 12.0 Å². The van der Waals surface area contributed by atoms with Crippen LogP contribution >= 0.6 is 27.5 Å². The Morgan fingerprint density at radius 1 is 1.20 bits per heavy atom. The number of rotatable bonds is 5. The van der Waals surface area contributed by atoms with Gasteiger partial charge in [0.1, 0.15) is 0 Å². The quantitative estimate of drug-likeness (QED) is 0.733. The van der Waals surface area contributed by atoms with Gasteiger partial charge < -0.3 is 5.32 Å². The first-order valence-corrected chi connectivity index (χ1v) is 8.01. The van der Waals surface area contributed by atoms with Crippen molar-refractivity contribution in [3.05, 3.63) is 68.7 Å². The van der Waals surface area contributed by atoms with Crippen molar-refractivity contribution in [2.45, 2.75) is 32.9 Å². The first kappa shape index (κ1) is 15.6. The van der Waals surface area contributed by atoms with Gasteiger partial charge in [0.2, 0.25) is 0 Å². The van der Waals surface area contributed by atoms with Crippen LogP contribution in [0.15, 0.2) is 46.9 Å². The Hall–Kier alpha value is -0.830. The maximum atomic E-state index is 6.07. The molecule has 2 aromatic rings. The summed E-state index contributed by atoms with van der Waals surface area (Å²) in [5, 5.41) is 4.39. The van der Waals surface area contributed by atoms with E-state index in [2.05, 4.69) is 59.4 Å². The molecule has 106 valence electrons. The van der Waals surface area contributed by atoms with Gasteiger partial charge in [0.15, 0.2) is 0 Å². The van der Waals surface area contributed by atoms with Crippen molar-refractivity contribution in [3.63, 3.8) is 0 Å². The highest BCUT2D eigenvalue weighted by Gasteiger charge is 2.10. The fourth-order valence-electron chi connectivity index (χ4n) is 2.25. The van der Waals surface area contributed by atoms with Gasteiger partial charge in [-0.15, -0.1) is 0 Å². The van der Waals surface area contributed by atoms with Crippen molar-refractivity contribution in [1.82, 2.24) is 5.32 Å². The number of nitrogens with one attached hydrogen (secondary N) is 1. The summed E-state index contributed by atoms with van der Waals surface area (Å²) in [7, 11) is 0. The van der Waals surface area contributed by atoms with Crippen molar-refractivity contribution < 1.29 is 0 Å². The number of hydrogen-bond acceptors (Lipinski definition) is 1. The summed E-state index contributed by atoms with van der Waals surface area (Å²) in [5.74, 6) is 0. The van der Waals surface area contributed by atoms with Crippen molar-refractivity contribution in [1.29, 1.82) is 0 Å². The second kappa shape index (κ2) is 7.26. The van der Waals surface area contributed by atoms with Crippen LogP contribution in [0.2, 0.25) is 5.02 Å². The molecule has 0 aliphatic rings. The standard InChI is InChI=1S/C17H19BrClN/c1-3-17(13-5-4-6-15(19)10-13)20-11-14-8-7-12(2)9-16(14)18/h4-10,17,20H,3,11H2,1-2H3. The van der Waals surface area contributed by atoms with Gasteiger partial charge >= 0.3 is 0 Å². The van der Waals surface area contributed by atoms with E-state index in [9.17, 15) is 0 Å². The minimum absolute atomic E-state index is 0.321. The molecule has 0 spiro atoms. The fourth-order valence-corrected chi connectivity index (χ4v) is 3.08. The predicted molar refractivity (Wildman–Crippen MR) is 90.2 cm³/mol. The van der Waals surface area contributed by atoms with E-state index in [0.29, 0.717) is 6.04 Å². The number of benzene rings is 2. The molecule has 0 fully saturated rings. The van der Waals surface area contributed by atoms with E-state index >= 15 is 0 Å². The third kappa shape index (κ3) is 4.08. The van der Waals surface area contributed by atoms with Crippen molar-refractivity contribution in [2.24, 2.45) is 0 Å². The molecule has 0 aromatic heterocycles. The zero-order valence-electron chi connectivity index (χ0n) is 11.8. The summed E-state index contributed by atoms with van der Waals surface area (Å²) in [5.41, 5.74) is 3.78. The van der Waals surface area contributed by atoms with Crippen LogP contribution in [0.25, 0.3) is 0 Å². The minimum atomic E-state index is 0.321. The van der Waals surface area contributed by atoms with Crippen LogP contribution in [0.3, 0.4) is 0 Å². The molecule has 1 N–H and O–H groups in total. The first-order chi connectivity index (χ1) is 9.60. The Morgan fingerprint density at radius 3 is 2.65 bits per heavy atom. The molecule has 20 heavy (non-hydrogen) atoms. The maximum absolute atomic E-state index is 6.07. The van der Waals surface area contributed by atoms with Crippen LogP contribution in [-0.2, 0) is 6.54 Å². The molecule has 0 saturated carbocycles. The Kier molecular flexibility index (Phi) is 5.64. The second-order valence-electron chi connectivity index (χ2n) is 4.99. The summed E-state index contributed by atoms with van der Waals surface area (Å²) in [6, 6.07) is 14.8. The Labute approximate surface area is 134 Å². The fraction of sp³-hybridized carbons (Fsp3) is 0.294. The van der Waals surface area contributed by atoms with E-state index in [1.807, 2.05) is 18.2 Å². The molecule has 3 heteroatoms. The van der Waals surface area contributed by atoms with Gasteiger partial charge in [-0.1, -0.05) is 58.7 Å². The summed E-state index contributed by atoms with van der Waals surface area (Å²) in [4.78, 5) is 0. The van der Waals surface area contributed by atoms with Gasteiger partial charge in [0.05, 0.1) is 0 Å². The summed E-state index contributed by atoms with van der Waals surface area (Å²) >= 11 is 9.70. The largest absolute Gasteiger partial charge is 0.306 e. The number of aryl methyl sites for hydroxylation is 1. The van der Waals surface area contributed by atoms with Crippen molar-refractivity contribution >= 4 is 27.5 Å². The van der Waals surface area contributed by atoms with Gasteiger partial charge in [-0.25, -0.2) is 0 Å². The van der Waals surface area contributed by atoms with Gasteiger partial charge in [0.25, 0.3) is 0 Å². The van der Waals surface area contributed by atoms with E-state index < -0.39 is 0 Å². The zero-order valence-corrected chi connectivity index (χ0v) is 14.1. The predicted octanol–water partition coefficient (Wildman–Crippen LogP) is 5.65. The van der Waals surface area contributed by atoms with E-state index in [1.54, 1.807) is 0 Å². The van der Waals surface area contributed by atoms with Gasteiger partial charge in [0, 0.05) is 22.1 Å². The van der Waals surface area contributed by atoms with Crippen LogP contribution in [-0.4, -0.2) is 0 Å². The Bertz CT molecular complexity index is 583. The first-order valence-electron chi connectivity index (χ1n) is 6.84. The van der Waals surface area contributed by atoms with Crippen molar-refractivity contribution in [3.8, 4) is 0 Å². The highest BCUT2D eigenvalue weighted by atomic mass is 79.9. The summed E-state index contributed by atoms with van der Waals surface area (Å²) < 4.78 is 1.16. The average molecular weight is 353 g/mol. The molecule has 1 nitrogen and oxygen atoms in total. The maximum Gasteiger partial charge on any atom is 0.0409 e. The number of halogens is 2. The summed E-state index contributed by atoms with van der Waals surface area (Å²) in [6.45, 7) is 5.12. The number of hydrogen-bond donors (Lipinski definition) is 1. The zero-order chi connectivity index (χ0) is 14.5. The third-order valence-corrected chi connectivity index (χ3v) is 4.38. The third-order valence-electron chi connectivity index (χ3n) is 3.41. The normalized spacial score (nSPS) is 12.4. The van der Waals surface area contributed by atoms with Gasteiger partial charge in [-0.3, -0.25) is 0 Å². The molecule has 0 aliphatic heterocycles. The van der Waals surface area contributed by atoms with Crippen LogP contribution < -0.4 is 5.32 Å². The van der Waals surface area contributed by atoms with E-state index in [4.69, 9.17) is 11.6 Å². The minimum Gasteiger partial charge on any atom is -0.306 e. The van der Waals surface area contributed by atoms with E-state index in [-0.39, 0.29) is 0 Å². The highest BCUT2D eigenvalue weighted by molar-refractivity contribution is 9.10. The van der Waals surface area contributed by atoms with E-state index in [1.165, 1.54) is 16.7 Å². The molecule has 0 heterocycles. The van der Waals surface area contributed by atoms with Crippen molar-refractivity contribution in [2.75, 3.05) is 0 Å². The van der Waals surface area contributed by atoms with Crippen LogP contribution in [0.5, 0.6) is 0 Å². The Morgan fingerprint density at radius 2 is 2.00 bits per heavy atom. The molecular weight excluding hydrogens is 334 g/mol. The van der Waals surface area contributed by atoms with E-state index in [0.717, 1.165) is 22.5 Å². The molecule has 0 amide bonds. The lowest BCUT2D eigenvalue weighted by molar-refractivity contribution is 0.518. The molecule has 2 rings (SSSR count). The lowest BCUT2D eigenvalue weighted by atomic mass is 10.0. The average Bonchev–Trinajstić information content (AvgIpc) is 2.41. The lowest BCUT2D eigenvalue weighted by Crippen LogP contribution is -2.20. The molecule has 0 radical (unpaired) electrons. The molecule has 0 aliphatic carbocycles. The molecule has 0 bridgehead atoms. The highest BCUT2D eigenvalue weighted by Crippen LogP contribution is 2.23. The van der Waals surface area contributed by atoms with Gasteiger partial charge in [-0.2, -0.15) is 0 Å². The molecule has 2 aromatic carbocycles. The SMILES string of the molecule is CCC(NCc1ccc(C)cc1Br)c1cccc(Cl)c1. The summed E-state index contributed by atoms with van der Waals surface area (Å²) in [6.07, 6.45) is 1.03. The molecule has 1 unspecified atom stereocenters. The second-order valence-corrected chi connectivity index (χ2v) is 6.28. The lowest BCUT2D eigenvalue weighted by Gasteiger charge is -2.18. The Balaban J connectivity index is 2.07. The smallest absolute Gasteiger partial charge is 0.0409 e. The molecule has 0 saturated heterocycles. The van der Waals surface area contributed by atoms with Crippen LogP contribution in [0.4, 0.5) is 0 Å². The van der Waals surface area contributed by atoms with Crippen LogP contribution in [0.1, 0.15) is 36.1 Å².